The van der Waals surface area contributed by atoms with Gasteiger partial charge in [0.2, 0.25) is 0 Å². The molecule has 7 nitrogen and oxygen atoms in total. The molecule has 0 bridgehead atoms. The number of hydrogen-bond acceptors (Lipinski definition) is 5. The van der Waals surface area contributed by atoms with E-state index < -0.39 is 0 Å². The van der Waals surface area contributed by atoms with Crippen molar-refractivity contribution in [3.63, 3.8) is 0 Å². The molecule has 1 N–H and O–H groups in total. The number of carbonyl (C=O) groups is 1. The molecule has 0 atom stereocenters. The summed E-state index contributed by atoms with van der Waals surface area (Å²) in [5, 5.41) is 6.96. The zero-order valence-electron chi connectivity index (χ0n) is 15.2. The lowest BCUT2D eigenvalue weighted by Gasteiger charge is -2.09. The predicted molar refractivity (Wildman–Crippen MR) is 98.4 cm³/mol. The standard InChI is InChI=1S/C19H25N3O4/c1-3-4-10-22-18(23)9-8-17(21-22)19(24)20-14-15-6-5-7-16(13-15)26-12-11-25-2/h5-9,13H,3-4,10-12,14H2,1-2H3,(H,20,24). The molecule has 2 rings (SSSR count). The summed E-state index contributed by atoms with van der Waals surface area (Å²) in [6.07, 6.45) is 1.79. The smallest absolute Gasteiger partial charge is 0.271 e. The van der Waals surface area contributed by atoms with Crippen molar-refractivity contribution in [2.45, 2.75) is 32.9 Å². The Morgan fingerprint density at radius 1 is 1.23 bits per heavy atom. The zero-order chi connectivity index (χ0) is 18.8. The van der Waals surface area contributed by atoms with Crippen LogP contribution >= 0.6 is 0 Å². The largest absolute Gasteiger partial charge is 0.491 e. The fraction of sp³-hybridized carbons (Fsp3) is 0.421. The average molecular weight is 359 g/mol. The van der Waals surface area contributed by atoms with Gasteiger partial charge in [-0.25, -0.2) is 4.68 Å². The molecule has 1 amide bonds. The second kappa shape index (κ2) is 10.4. The van der Waals surface area contributed by atoms with E-state index in [1.807, 2.05) is 31.2 Å². The number of ether oxygens (including phenoxy) is 2. The number of nitrogens with one attached hydrogen (secondary N) is 1. The summed E-state index contributed by atoms with van der Waals surface area (Å²) in [6.45, 7) is 3.87. The van der Waals surface area contributed by atoms with Crippen LogP contribution in [0.5, 0.6) is 5.75 Å². The number of carbonyl (C=O) groups excluding carboxylic acids is 1. The Kier molecular flexibility index (Phi) is 7.82. The minimum atomic E-state index is -0.319. The first-order valence-electron chi connectivity index (χ1n) is 8.71. The van der Waals surface area contributed by atoms with Gasteiger partial charge in [0.15, 0.2) is 0 Å². The molecule has 0 aliphatic carbocycles. The number of aromatic nitrogens is 2. The highest BCUT2D eigenvalue weighted by atomic mass is 16.5. The van der Waals surface area contributed by atoms with Crippen molar-refractivity contribution < 1.29 is 14.3 Å². The summed E-state index contributed by atoms with van der Waals surface area (Å²) < 4.78 is 11.8. The summed E-state index contributed by atoms with van der Waals surface area (Å²) in [6, 6.07) is 10.3. The molecule has 140 valence electrons. The number of unbranched alkanes of at least 4 members (excludes halogenated alkanes) is 1. The van der Waals surface area contributed by atoms with Gasteiger partial charge < -0.3 is 14.8 Å². The summed E-state index contributed by atoms with van der Waals surface area (Å²) >= 11 is 0. The molecule has 26 heavy (non-hydrogen) atoms. The van der Waals surface area contributed by atoms with E-state index in [-0.39, 0.29) is 17.2 Å². The first kappa shape index (κ1) is 19.7. The van der Waals surface area contributed by atoms with Crippen LogP contribution in [0.1, 0.15) is 35.8 Å². The molecule has 0 spiro atoms. The lowest BCUT2D eigenvalue weighted by atomic mass is 10.2. The molecule has 1 aromatic carbocycles. The van der Waals surface area contributed by atoms with Gasteiger partial charge in [0.05, 0.1) is 6.61 Å². The molecule has 0 saturated heterocycles. The highest BCUT2D eigenvalue weighted by molar-refractivity contribution is 5.91. The fourth-order valence-electron chi connectivity index (χ4n) is 2.30. The number of amides is 1. The highest BCUT2D eigenvalue weighted by Crippen LogP contribution is 2.13. The van der Waals surface area contributed by atoms with Crippen molar-refractivity contribution in [1.82, 2.24) is 15.1 Å². The molecule has 1 aromatic heterocycles. The van der Waals surface area contributed by atoms with Gasteiger partial charge in [-0.2, -0.15) is 5.10 Å². The molecular weight excluding hydrogens is 334 g/mol. The van der Waals surface area contributed by atoms with E-state index in [2.05, 4.69) is 10.4 Å². The van der Waals surface area contributed by atoms with Crippen molar-refractivity contribution in [3.8, 4) is 5.75 Å². The lowest BCUT2D eigenvalue weighted by molar-refractivity contribution is 0.0943. The molecule has 7 heteroatoms. The third-order valence-electron chi connectivity index (χ3n) is 3.73. The Hall–Kier alpha value is -2.67. The lowest BCUT2D eigenvalue weighted by Crippen LogP contribution is -2.29. The maximum absolute atomic E-state index is 12.3. The summed E-state index contributed by atoms with van der Waals surface area (Å²) in [7, 11) is 1.62. The molecule has 2 aromatic rings. The number of benzene rings is 1. The highest BCUT2D eigenvalue weighted by Gasteiger charge is 2.09. The van der Waals surface area contributed by atoms with E-state index in [0.29, 0.717) is 26.3 Å². The van der Waals surface area contributed by atoms with Crippen molar-refractivity contribution in [2.75, 3.05) is 20.3 Å². The van der Waals surface area contributed by atoms with E-state index >= 15 is 0 Å². The topological polar surface area (TPSA) is 82.5 Å². The quantitative estimate of drug-likeness (QED) is 0.656. The van der Waals surface area contributed by atoms with E-state index in [4.69, 9.17) is 9.47 Å². The minimum Gasteiger partial charge on any atom is -0.491 e. The van der Waals surface area contributed by atoms with Crippen LogP contribution < -0.4 is 15.6 Å². The Morgan fingerprint density at radius 2 is 2.08 bits per heavy atom. The third kappa shape index (κ3) is 6.00. The predicted octanol–water partition coefficient (Wildman–Crippen LogP) is 2.00. The van der Waals surface area contributed by atoms with Gasteiger partial charge in [-0.05, 0) is 30.2 Å². The van der Waals surface area contributed by atoms with E-state index in [0.717, 1.165) is 24.2 Å². The van der Waals surface area contributed by atoms with Crippen LogP contribution in [-0.4, -0.2) is 36.0 Å². The number of nitrogens with zero attached hydrogens (tertiary/aromatic N) is 2. The first-order chi connectivity index (χ1) is 12.6. The number of rotatable bonds is 10. The van der Waals surface area contributed by atoms with Crippen molar-refractivity contribution in [3.05, 3.63) is 58.0 Å². The normalized spacial score (nSPS) is 10.5. The summed E-state index contributed by atoms with van der Waals surface area (Å²) in [5.41, 5.74) is 0.941. The molecule has 0 radical (unpaired) electrons. The zero-order valence-corrected chi connectivity index (χ0v) is 15.2. The van der Waals surface area contributed by atoms with Crippen LogP contribution in [-0.2, 0) is 17.8 Å². The van der Waals surface area contributed by atoms with Crippen molar-refractivity contribution in [1.29, 1.82) is 0 Å². The van der Waals surface area contributed by atoms with E-state index in [1.54, 1.807) is 7.11 Å². The molecule has 1 heterocycles. The van der Waals surface area contributed by atoms with Crippen LogP contribution in [0.15, 0.2) is 41.2 Å². The van der Waals surface area contributed by atoms with Gasteiger partial charge in [-0.1, -0.05) is 25.5 Å². The Morgan fingerprint density at radius 3 is 2.85 bits per heavy atom. The Bertz CT molecular complexity index is 773. The Labute approximate surface area is 152 Å². The summed E-state index contributed by atoms with van der Waals surface area (Å²) in [4.78, 5) is 24.1. The monoisotopic (exact) mass is 359 g/mol. The second-order valence-corrected chi connectivity index (χ2v) is 5.80. The van der Waals surface area contributed by atoms with Crippen LogP contribution in [0, 0.1) is 0 Å². The van der Waals surface area contributed by atoms with Gasteiger partial charge in [0, 0.05) is 26.3 Å². The van der Waals surface area contributed by atoms with Gasteiger partial charge in [-0.3, -0.25) is 9.59 Å². The summed E-state index contributed by atoms with van der Waals surface area (Å²) in [5.74, 6) is 0.404. The number of methoxy groups -OCH3 is 1. The number of aryl methyl sites for hydroxylation is 1. The van der Waals surface area contributed by atoms with E-state index in [1.165, 1.54) is 16.8 Å². The SMILES string of the molecule is CCCCn1nc(C(=O)NCc2cccc(OCCOC)c2)ccc1=O. The van der Waals surface area contributed by atoms with Crippen LogP contribution in [0.4, 0.5) is 0 Å². The second-order valence-electron chi connectivity index (χ2n) is 5.80. The van der Waals surface area contributed by atoms with Crippen molar-refractivity contribution >= 4 is 5.91 Å². The Balaban J connectivity index is 1.96. The van der Waals surface area contributed by atoms with Gasteiger partial charge >= 0.3 is 0 Å². The average Bonchev–Trinajstić information content (AvgIpc) is 2.66. The molecule has 0 aliphatic heterocycles. The van der Waals surface area contributed by atoms with Crippen LogP contribution in [0.3, 0.4) is 0 Å². The van der Waals surface area contributed by atoms with E-state index in [9.17, 15) is 9.59 Å². The van der Waals surface area contributed by atoms with Gasteiger partial charge in [0.1, 0.15) is 18.1 Å². The third-order valence-corrected chi connectivity index (χ3v) is 3.73. The van der Waals surface area contributed by atoms with Gasteiger partial charge in [0.25, 0.3) is 11.5 Å². The minimum absolute atomic E-state index is 0.198. The van der Waals surface area contributed by atoms with Crippen molar-refractivity contribution in [2.24, 2.45) is 0 Å². The molecule has 0 unspecified atom stereocenters. The van der Waals surface area contributed by atoms with Gasteiger partial charge in [-0.15, -0.1) is 0 Å². The fourth-order valence-corrected chi connectivity index (χ4v) is 2.30. The molecule has 0 fully saturated rings. The van der Waals surface area contributed by atoms with Crippen LogP contribution in [0.25, 0.3) is 0 Å². The molecular formula is C19H25N3O4. The maximum Gasteiger partial charge on any atom is 0.271 e. The van der Waals surface area contributed by atoms with Crippen LogP contribution in [0.2, 0.25) is 0 Å². The number of hydrogen-bond donors (Lipinski definition) is 1. The molecule has 0 aliphatic rings. The molecule has 0 saturated carbocycles. The maximum atomic E-state index is 12.3. The first-order valence-corrected chi connectivity index (χ1v) is 8.71.